The van der Waals surface area contributed by atoms with Crippen LogP contribution in [0.3, 0.4) is 0 Å². The number of amides is 1. The zero-order valence-electron chi connectivity index (χ0n) is 18.3. The van der Waals surface area contributed by atoms with Crippen LogP contribution in [-0.2, 0) is 11.3 Å². The molecular weight excluding hydrogens is 426 g/mol. The van der Waals surface area contributed by atoms with Crippen molar-refractivity contribution < 1.29 is 4.79 Å². The van der Waals surface area contributed by atoms with Crippen LogP contribution in [0.15, 0.2) is 48.8 Å². The van der Waals surface area contributed by atoms with Gasteiger partial charge in [-0.05, 0) is 36.1 Å². The van der Waals surface area contributed by atoms with E-state index in [2.05, 4.69) is 44.6 Å². The number of aromatic nitrogens is 3. The smallest absolute Gasteiger partial charge is 0.242 e. The summed E-state index contributed by atoms with van der Waals surface area (Å²) < 4.78 is 1.88. The van der Waals surface area contributed by atoms with E-state index in [1.807, 2.05) is 29.1 Å². The second kappa shape index (κ2) is 10.6. The number of carbonyl (C=O) groups is 1. The lowest BCUT2D eigenvalue weighted by atomic mass is 10.0. The van der Waals surface area contributed by atoms with Crippen LogP contribution in [-0.4, -0.2) is 33.5 Å². The van der Waals surface area contributed by atoms with Crippen LogP contribution in [0.2, 0.25) is 5.02 Å². The molecule has 8 nitrogen and oxygen atoms in total. The standard InChI is InChI=1S/C23H26ClN7O/c1-15(2)11-19(22(32)27-14-16-7-8-17(25-3)12-18(16)24)28-20-13-21(30-23(26-4)29-20)31-9-5-6-10-31/h5-10,12-13,15,19H,11,14H2,1-2,4H3,(H,27,32)(H2,26,28,29,30)/t19-/m1/s1. The summed E-state index contributed by atoms with van der Waals surface area (Å²) in [6.07, 6.45) is 4.41. The highest BCUT2D eigenvalue weighted by molar-refractivity contribution is 6.31. The lowest BCUT2D eigenvalue weighted by molar-refractivity contribution is -0.122. The molecule has 0 radical (unpaired) electrons. The van der Waals surface area contributed by atoms with Crippen molar-refractivity contribution in [2.75, 3.05) is 17.7 Å². The second-order valence-corrected chi connectivity index (χ2v) is 8.11. The first-order valence-corrected chi connectivity index (χ1v) is 10.7. The largest absolute Gasteiger partial charge is 0.358 e. The molecule has 166 valence electrons. The fourth-order valence-corrected chi connectivity index (χ4v) is 3.42. The number of anilines is 2. The summed E-state index contributed by atoms with van der Waals surface area (Å²) in [5, 5.41) is 9.63. The Morgan fingerprint density at radius 3 is 2.59 bits per heavy atom. The highest BCUT2D eigenvalue weighted by atomic mass is 35.5. The third-order valence-electron chi connectivity index (χ3n) is 4.77. The van der Waals surface area contributed by atoms with Gasteiger partial charge in [-0.2, -0.15) is 9.97 Å². The third-order valence-corrected chi connectivity index (χ3v) is 5.12. The fraction of sp³-hybridized carbons (Fsp3) is 0.304. The monoisotopic (exact) mass is 451 g/mol. The van der Waals surface area contributed by atoms with Gasteiger partial charge in [-0.15, -0.1) is 0 Å². The number of rotatable bonds is 9. The van der Waals surface area contributed by atoms with Crippen molar-refractivity contribution in [1.82, 2.24) is 19.9 Å². The zero-order valence-corrected chi connectivity index (χ0v) is 19.0. The molecule has 0 saturated carbocycles. The Morgan fingerprint density at radius 2 is 1.97 bits per heavy atom. The quantitative estimate of drug-likeness (QED) is 0.412. The van der Waals surface area contributed by atoms with Crippen molar-refractivity contribution >= 4 is 35.0 Å². The van der Waals surface area contributed by atoms with Crippen LogP contribution in [0.1, 0.15) is 25.8 Å². The van der Waals surface area contributed by atoms with Crippen LogP contribution in [0.4, 0.5) is 17.5 Å². The summed E-state index contributed by atoms with van der Waals surface area (Å²) in [5.74, 6) is 1.82. The summed E-state index contributed by atoms with van der Waals surface area (Å²) >= 11 is 6.25. The van der Waals surface area contributed by atoms with Gasteiger partial charge in [0, 0.05) is 37.1 Å². The predicted octanol–water partition coefficient (Wildman–Crippen LogP) is 4.66. The van der Waals surface area contributed by atoms with Crippen molar-refractivity contribution in [2.24, 2.45) is 5.92 Å². The first kappa shape index (κ1) is 23.1. The van der Waals surface area contributed by atoms with Gasteiger partial charge in [-0.1, -0.05) is 37.6 Å². The fourth-order valence-electron chi connectivity index (χ4n) is 3.18. The Hall–Kier alpha value is -3.57. The van der Waals surface area contributed by atoms with Crippen LogP contribution >= 0.6 is 11.6 Å². The SMILES string of the molecule is [C-]#[N+]c1ccc(CNC(=O)[C@@H](CC(C)C)Nc2cc(-n3cccc3)nc(NC)n2)c(Cl)c1. The summed E-state index contributed by atoms with van der Waals surface area (Å²) in [7, 11) is 1.75. The number of halogens is 1. The first-order valence-electron chi connectivity index (χ1n) is 10.3. The molecule has 1 aromatic carbocycles. The highest BCUT2D eigenvalue weighted by Crippen LogP contribution is 2.23. The Kier molecular flexibility index (Phi) is 7.68. The Morgan fingerprint density at radius 1 is 1.22 bits per heavy atom. The molecule has 0 fully saturated rings. The average Bonchev–Trinajstić information content (AvgIpc) is 3.32. The lowest BCUT2D eigenvalue weighted by Crippen LogP contribution is -2.40. The zero-order chi connectivity index (χ0) is 23.1. The Labute approximate surface area is 192 Å². The van der Waals surface area contributed by atoms with Crippen molar-refractivity contribution in [1.29, 1.82) is 0 Å². The summed E-state index contributed by atoms with van der Waals surface area (Å²) in [5.41, 5.74) is 1.22. The van der Waals surface area contributed by atoms with E-state index in [4.69, 9.17) is 18.2 Å². The molecule has 2 heterocycles. The van der Waals surface area contributed by atoms with E-state index in [-0.39, 0.29) is 18.4 Å². The Bertz CT molecular complexity index is 1110. The van der Waals surface area contributed by atoms with E-state index in [9.17, 15) is 4.79 Å². The minimum atomic E-state index is -0.492. The summed E-state index contributed by atoms with van der Waals surface area (Å²) in [6.45, 7) is 11.5. The highest BCUT2D eigenvalue weighted by Gasteiger charge is 2.21. The van der Waals surface area contributed by atoms with E-state index in [0.717, 1.165) is 5.56 Å². The molecule has 1 amide bonds. The second-order valence-electron chi connectivity index (χ2n) is 7.71. The molecule has 9 heteroatoms. The van der Waals surface area contributed by atoms with Crippen LogP contribution < -0.4 is 16.0 Å². The molecule has 0 aliphatic carbocycles. The molecule has 0 aliphatic heterocycles. The number of carbonyl (C=O) groups excluding carboxylic acids is 1. The Balaban J connectivity index is 1.77. The molecule has 3 rings (SSSR count). The van der Waals surface area contributed by atoms with Crippen molar-refractivity contribution in [3.63, 3.8) is 0 Å². The molecule has 1 atom stereocenters. The number of benzene rings is 1. The van der Waals surface area contributed by atoms with Gasteiger partial charge in [0.2, 0.25) is 11.9 Å². The number of hydrogen-bond acceptors (Lipinski definition) is 5. The molecule has 0 saturated heterocycles. The third kappa shape index (κ3) is 5.99. The van der Waals surface area contributed by atoms with Crippen molar-refractivity contribution in [3.8, 4) is 5.82 Å². The number of nitrogens with one attached hydrogen (secondary N) is 3. The van der Waals surface area contributed by atoms with E-state index in [1.54, 1.807) is 31.3 Å². The minimum absolute atomic E-state index is 0.156. The predicted molar refractivity (Wildman–Crippen MR) is 127 cm³/mol. The van der Waals surface area contributed by atoms with Gasteiger partial charge in [0.15, 0.2) is 5.69 Å². The van der Waals surface area contributed by atoms with Gasteiger partial charge in [-0.3, -0.25) is 4.79 Å². The van der Waals surface area contributed by atoms with E-state index >= 15 is 0 Å². The summed E-state index contributed by atoms with van der Waals surface area (Å²) in [6, 6.07) is 10.2. The minimum Gasteiger partial charge on any atom is -0.358 e. The topological polar surface area (TPSA) is 88.2 Å². The van der Waals surface area contributed by atoms with Gasteiger partial charge in [0.25, 0.3) is 0 Å². The van der Waals surface area contributed by atoms with Gasteiger partial charge in [0.05, 0.1) is 6.57 Å². The normalized spacial score (nSPS) is 11.6. The molecule has 2 aromatic heterocycles. The van der Waals surface area contributed by atoms with Gasteiger partial charge < -0.3 is 20.5 Å². The molecular formula is C23H26ClN7O. The number of hydrogen-bond donors (Lipinski definition) is 3. The molecule has 0 unspecified atom stereocenters. The van der Waals surface area contributed by atoms with E-state index in [0.29, 0.717) is 34.7 Å². The van der Waals surface area contributed by atoms with E-state index in [1.165, 1.54) is 0 Å². The van der Waals surface area contributed by atoms with Crippen LogP contribution in [0.5, 0.6) is 0 Å². The lowest BCUT2D eigenvalue weighted by Gasteiger charge is -2.21. The average molecular weight is 452 g/mol. The molecule has 32 heavy (non-hydrogen) atoms. The van der Waals surface area contributed by atoms with E-state index < -0.39 is 6.04 Å². The van der Waals surface area contributed by atoms with Crippen molar-refractivity contribution in [3.05, 3.63) is 70.8 Å². The molecule has 0 spiro atoms. The molecule has 3 N–H and O–H groups in total. The van der Waals surface area contributed by atoms with Gasteiger partial charge in [0.1, 0.15) is 17.7 Å². The van der Waals surface area contributed by atoms with Gasteiger partial charge in [-0.25, -0.2) is 4.85 Å². The van der Waals surface area contributed by atoms with Crippen LogP contribution in [0.25, 0.3) is 10.7 Å². The molecule has 3 aromatic rings. The van der Waals surface area contributed by atoms with Crippen LogP contribution in [0, 0.1) is 12.5 Å². The van der Waals surface area contributed by atoms with Gasteiger partial charge >= 0.3 is 0 Å². The number of nitrogens with zero attached hydrogens (tertiary/aromatic N) is 4. The molecule has 0 aliphatic rings. The maximum absolute atomic E-state index is 13.0. The maximum Gasteiger partial charge on any atom is 0.242 e. The first-order chi connectivity index (χ1) is 15.4. The summed E-state index contributed by atoms with van der Waals surface area (Å²) in [4.78, 5) is 25.3. The maximum atomic E-state index is 13.0. The molecule has 0 bridgehead atoms. The van der Waals surface area contributed by atoms with Crippen molar-refractivity contribution in [2.45, 2.75) is 32.9 Å².